The van der Waals surface area contributed by atoms with Crippen LogP contribution in [0.1, 0.15) is 33.2 Å². The van der Waals surface area contributed by atoms with Crippen molar-refractivity contribution in [1.29, 1.82) is 0 Å². The van der Waals surface area contributed by atoms with E-state index in [1.165, 1.54) is 54.0 Å². The zero-order chi connectivity index (χ0) is 52.0. The van der Waals surface area contributed by atoms with Gasteiger partial charge in [0.1, 0.15) is 66.8 Å². The summed E-state index contributed by atoms with van der Waals surface area (Å²) in [6.45, 7) is 2.32. The van der Waals surface area contributed by atoms with E-state index in [-0.39, 0.29) is 34.4 Å². The van der Waals surface area contributed by atoms with Gasteiger partial charge in [-0.15, -0.1) is 0 Å². The van der Waals surface area contributed by atoms with Gasteiger partial charge in [-0.1, -0.05) is 4.98 Å². The number of hydrogen-bond donors (Lipinski definition) is 8. The predicted molar refractivity (Wildman–Crippen MR) is 236 cm³/mol. The highest BCUT2D eigenvalue weighted by Gasteiger charge is 2.54. The molecule has 0 amide bonds. The Kier molecular flexibility index (Phi) is 17.1. The van der Waals surface area contributed by atoms with Crippen molar-refractivity contribution in [2.45, 2.75) is 100 Å². The molecule has 0 aromatic carbocycles. The lowest BCUT2D eigenvalue weighted by molar-refractivity contribution is -0.746. The summed E-state index contributed by atoms with van der Waals surface area (Å²) >= 11 is 0. The number of phosphoric acid groups is 4. The average Bonchev–Trinajstić information content (AvgIpc) is 4.09. The maximum Gasteiger partial charge on any atom is 0.490 e. The molecule has 0 aliphatic carbocycles. The standard InChI is InChI=1S/C34H54N10O23P4/c1-15(2)61-23-17(62-16(3)22(23)45)9-58-68(47,48)65-25-19(64-32(27(25)57-8)43-13-39-20-28(36-4)37-12-38-29(20)43)11-60-70(51,52)67-71(53,54)66-69(49,50)59-10-18-24(55-6)26(56-7)33(63-18)44-14-42(5)21-30(44)40-34(35)41-31(21)46/h12-19,22-27,32-33,45H,9-11H2,1-8H3,(H7-,35,36,37,38,40,41,46,47,48,49,50,51,52,53,54)/p+1/t16-,17+,18+,19+,22?,23-,24-,25-,26?,27?,32+,33+/m0/s1. The van der Waals surface area contributed by atoms with E-state index in [1.54, 1.807) is 34.9 Å². The second-order valence-electron chi connectivity index (χ2n) is 16.3. The lowest BCUT2D eigenvalue weighted by atomic mass is 10.1. The molecule has 7 heterocycles. The van der Waals surface area contributed by atoms with Crippen molar-refractivity contribution in [3.8, 4) is 0 Å². The number of nitrogens with two attached hydrogens (primary N) is 1. The zero-order valence-corrected chi connectivity index (χ0v) is 42.5. The van der Waals surface area contributed by atoms with E-state index in [1.807, 2.05) is 0 Å². The Balaban J connectivity index is 1.03. The van der Waals surface area contributed by atoms with Crippen molar-refractivity contribution in [3.05, 3.63) is 29.3 Å². The largest absolute Gasteiger partial charge is 0.490 e. The molecule has 0 bridgehead atoms. The van der Waals surface area contributed by atoms with Crippen LogP contribution >= 0.6 is 31.3 Å². The minimum absolute atomic E-state index is 0.0731. The molecule has 3 aliphatic rings. The summed E-state index contributed by atoms with van der Waals surface area (Å²) in [6, 6.07) is 0. The summed E-state index contributed by atoms with van der Waals surface area (Å²) < 4.78 is 127. The van der Waals surface area contributed by atoms with E-state index in [0.29, 0.717) is 5.82 Å². The van der Waals surface area contributed by atoms with Crippen LogP contribution in [-0.2, 0) is 85.2 Å². The van der Waals surface area contributed by atoms with E-state index in [9.17, 15) is 47.7 Å². The SMILES string of the molecule is CNc1ncnc2c1ncn2[C@@H]1O[C@H](COP(=O)(O)OP(=O)(O)OP(=O)(O)OC[C@H]2O[C@@H]([n+]3cn(C)c4c(=O)[nH]c(N)nc43)C(OC)[C@H]2OC)[C@H](OP(=O)(O)OC[C@H]2O[C@@H](C)C(O)[C@H]2OC(C)C)C1OC. The Labute approximate surface area is 402 Å². The van der Waals surface area contributed by atoms with Gasteiger partial charge in [0.15, 0.2) is 24.0 Å². The molecular weight excluding hydrogens is 1040 g/mol. The van der Waals surface area contributed by atoms with E-state index in [2.05, 4.69) is 38.9 Å². The third kappa shape index (κ3) is 12.3. The first-order valence-electron chi connectivity index (χ1n) is 21.2. The number of aliphatic hydroxyl groups excluding tert-OH is 1. The van der Waals surface area contributed by atoms with Crippen molar-refractivity contribution in [1.82, 2.24) is 34.1 Å². The van der Waals surface area contributed by atoms with E-state index >= 15 is 0 Å². The van der Waals surface area contributed by atoms with Crippen molar-refractivity contribution in [2.75, 3.05) is 59.2 Å². The number of nitrogens with zero attached hydrogens (tertiary/aromatic N) is 7. The van der Waals surface area contributed by atoms with Crippen molar-refractivity contribution < 1.29 is 107 Å². The van der Waals surface area contributed by atoms with E-state index in [0.717, 1.165) is 0 Å². The first-order valence-corrected chi connectivity index (χ1v) is 27.2. The van der Waals surface area contributed by atoms with E-state index < -0.39 is 130 Å². The number of aryl methyl sites for hydroxylation is 1. The third-order valence-electron chi connectivity index (χ3n) is 11.2. The van der Waals surface area contributed by atoms with Gasteiger partial charge in [-0.05, 0) is 20.8 Å². The van der Waals surface area contributed by atoms with Gasteiger partial charge >= 0.3 is 36.9 Å². The fourth-order valence-corrected chi connectivity index (χ4v) is 12.8. The maximum absolute atomic E-state index is 13.6. The molecule has 37 heteroatoms. The summed E-state index contributed by atoms with van der Waals surface area (Å²) in [5.74, 6) is 0.0946. The van der Waals surface area contributed by atoms with E-state index in [4.69, 9.17) is 57.0 Å². The number of aromatic amines is 1. The Morgan fingerprint density at radius 1 is 0.831 bits per heavy atom. The topological polar surface area (TPSA) is 426 Å². The highest BCUT2D eigenvalue weighted by Crippen LogP contribution is 2.68. The number of aromatic nitrogens is 8. The van der Waals surface area contributed by atoms with Crippen LogP contribution in [0.3, 0.4) is 0 Å². The van der Waals surface area contributed by atoms with Gasteiger partial charge in [0, 0.05) is 28.4 Å². The van der Waals surface area contributed by atoms with Gasteiger partial charge < -0.3 is 68.9 Å². The normalized spacial score (nSPS) is 31.5. The zero-order valence-electron chi connectivity index (χ0n) is 38.9. The number of methoxy groups -OCH3 is 3. The monoisotopic (exact) mass is 1100 g/mol. The number of imidazole rings is 2. The molecule has 0 radical (unpaired) electrons. The summed E-state index contributed by atoms with van der Waals surface area (Å²) in [4.78, 5) is 74.5. The summed E-state index contributed by atoms with van der Waals surface area (Å²) in [5.41, 5.74) is 5.80. The Morgan fingerprint density at radius 2 is 1.42 bits per heavy atom. The molecule has 398 valence electrons. The molecule has 7 unspecified atom stereocenters. The first kappa shape index (κ1) is 55.5. The molecular formula is C34H55N10O23P4+. The highest BCUT2D eigenvalue weighted by molar-refractivity contribution is 7.66. The van der Waals surface area contributed by atoms with Crippen LogP contribution in [0.2, 0.25) is 0 Å². The highest BCUT2D eigenvalue weighted by atomic mass is 31.3. The predicted octanol–water partition coefficient (Wildman–Crippen LogP) is -0.336. The van der Waals surface area contributed by atoms with Crippen LogP contribution in [0.15, 0.2) is 23.8 Å². The molecule has 33 nitrogen and oxygen atoms in total. The molecule has 0 spiro atoms. The van der Waals surface area contributed by atoms with Gasteiger partial charge in [0.25, 0.3) is 11.5 Å². The van der Waals surface area contributed by atoms with Gasteiger partial charge in [0.2, 0.25) is 11.7 Å². The number of fused-ring (bicyclic) bond motifs is 2. The molecule has 3 saturated heterocycles. The lowest BCUT2D eigenvalue weighted by Crippen LogP contribution is -2.47. The number of rotatable bonds is 23. The smallest absolute Gasteiger partial charge is 0.388 e. The second kappa shape index (κ2) is 21.9. The number of hydrogen-bond acceptors (Lipinski definition) is 25. The molecule has 3 fully saturated rings. The molecule has 0 saturated carbocycles. The number of H-pyrrole nitrogens is 1. The minimum atomic E-state index is -6.09. The number of ether oxygens (including phenoxy) is 7. The molecule has 4 aromatic rings. The Hall–Kier alpha value is -3.30. The minimum Gasteiger partial charge on any atom is -0.388 e. The van der Waals surface area contributed by atoms with Crippen molar-refractivity contribution in [3.63, 3.8) is 0 Å². The second-order valence-corrected chi connectivity index (χ2v) is 22.3. The van der Waals surface area contributed by atoms with Crippen LogP contribution < -0.4 is 21.2 Å². The van der Waals surface area contributed by atoms with Crippen LogP contribution in [0.4, 0.5) is 11.8 Å². The fourth-order valence-electron chi connectivity index (χ4n) is 8.27. The Bertz CT molecular complexity index is 2780. The van der Waals surface area contributed by atoms with Gasteiger partial charge in [-0.25, -0.2) is 37.8 Å². The summed E-state index contributed by atoms with van der Waals surface area (Å²) in [7, 11) is -16.0. The number of aliphatic hydroxyl groups is 1. The van der Waals surface area contributed by atoms with Crippen LogP contribution in [-0.4, -0.2) is 174 Å². The van der Waals surface area contributed by atoms with Crippen LogP contribution in [0, 0.1) is 0 Å². The maximum atomic E-state index is 13.6. The molecule has 3 aliphatic heterocycles. The molecule has 71 heavy (non-hydrogen) atoms. The van der Waals surface area contributed by atoms with Gasteiger partial charge in [-0.3, -0.25) is 37.0 Å². The number of anilines is 2. The lowest BCUT2D eigenvalue weighted by Gasteiger charge is -2.27. The third-order valence-corrected chi connectivity index (χ3v) is 16.4. The average molecular weight is 1100 g/mol. The number of phosphoric ester groups is 3. The number of nitrogens with one attached hydrogen (secondary N) is 2. The van der Waals surface area contributed by atoms with Crippen molar-refractivity contribution >= 4 is 65.4 Å². The molecule has 7 rings (SSSR count). The fraction of sp³-hybridized carbons (Fsp3) is 0.706. The summed E-state index contributed by atoms with van der Waals surface area (Å²) in [6.07, 6.45) is -10.9. The molecule has 16 atom stereocenters. The first-order chi connectivity index (χ1) is 33.3. The van der Waals surface area contributed by atoms with Crippen molar-refractivity contribution in [2.24, 2.45) is 7.05 Å². The number of nitrogen functional groups attached to an aromatic ring is 1. The van der Waals surface area contributed by atoms with Crippen LogP contribution in [0.25, 0.3) is 22.3 Å². The Morgan fingerprint density at radius 3 is 2.01 bits per heavy atom. The van der Waals surface area contributed by atoms with Gasteiger partial charge in [0.05, 0.1) is 45.4 Å². The van der Waals surface area contributed by atoms with Gasteiger partial charge in [-0.2, -0.15) is 8.62 Å². The van der Waals surface area contributed by atoms with Crippen LogP contribution in [0.5, 0.6) is 0 Å². The molecule has 4 aromatic heterocycles. The quantitative estimate of drug-likeness (QED) is 0.0348. The molecule has 9 N–H and O–H groups in total. The summed E-state index contributed by atoms with van der Waals surface area (Å²) in [5, 5.41) is 13.5.